The Bertz CT molecular complexity index is 968. The smallest absolute Gasteiger partial charge is 0.265 e. The van der Waals surface area contributed by atoms with Crippen molar-refractivity contribution in [2.24, 2.45) is 0 Å². The number of carbonyl (C=O) groups excluding carboxylic acids is 1. The van der Waals surface area contributed by atoms with Crippen LogP contribution in [0.2, 0.25) is 0 Å². The van der Waals surface area contributed by atoms with E-state index < -0.39 is 6.10 Å². The molecule has 5 heteroatoms. The summed E-state index contributed by atoms with van der Waals surface area (Å²) in [6.07, 6.45) is -0.662. The van der Waals surface area contributed by atoms with Gasteiger partial charge in [0.05, 0.1) is 14.2 Å². The highest BCUT2D eigenvalue weighted by atomic mass is 16.5. The number of hydrogen-bond donors (Lipinski definition) is 1. The standard InChI is InChI=1S/C24H25NO4/c1-16-14-22(27-3)23(28-4)15-21(16)25-24(26)17(2)29-20-12-10-19(11-13-20)18-8-6-5-7-9-18/h5-15,17H,1-4H3,(H,25,26). The molecule has 0 spiro atoms. The van der Waals surface area contributed by atoms with E-state index in [1.165, 1.54) is 0 Å². The Hall–Kier alpha value is -3.47. The number of carbonyl (C=O) groups is 1. The second-order valence-electron chi connectivity index (χ2n) is 6.66. The third-order valence-electron chi connectivity index (χ3n) is 4.63. The third-order valence-corrected chi connectivity index (χ3v) is 4.63. The first kappa shape index (κ1) is 20.3. The van der Waals surface area contributed by atoms with E-state index in [4.69, 9.17) is 14.2 Å². The first-order chi connectivity index (χ1) is 14.0. The summed E-state index contributed by atoms with van der Waals surface area (Å²) in [5.41, 5.74) is 3.75. The maximum atomic E-state index is 12.6. The molecule has 0 aliphatic rings. The van der Waals surface area contributed by atoms with Gasteiger partial charge >= 0.3 is 0 Å². The van der Waals surface area contributed by atoms with Crippen LogP contribution in [-0.4, -0.2) is 26.2 Å². The average Bonchev–Trinajstić information content (AvgIpc) is 2.75. The molecule has 3 aromatic carbocycles. The molecule has 1 N–H and O–H groups in total. The van der Waals surface area contributed by atoms with Crippen LogP contribution in [0.1, 0.15) is 12.5 Å². The van der Waals surface area contributed by atoms with Gasteiger partial charge < -0.3 is 19.5 Å². The lowest BCUT2D eigenvalue weighted by Crippen LogP contribution is -2.30. The van der Waals surface area contributed by atoms with Gasteiger partial charge in [0, 0.05) is 11.8 Å². The van der Waals surface area contributed by atoms with Crippen molar-refractivity contribution in [1.29, 1.82) is 0 Å². The summed E-state index contributed by atoms with van der Waals surface area (Å²) in [5, 5.41) is 2.89. The molecule has 0 saturated heterocycles. The molecule has 3 rings (SSSR count). The summed E-state index contributed by atoms with van der Waals surface area (Å²) in [7, 11) is 3.14. The molecule has 0 aliphatic carbocycles. The second kappa shape index (κ2) is 9.15. The van der Waals surface area contributed by atoms with Crippen LogP contribution in [0.5, 0.6) is 17.2 Å². The predicted octanol–water partition coefficient (Wildman–Crippen LogP) is 5.09. The average molecular weight is 391 g/mol. The van der Waals surface area contributed by atoms with E-state index in [9.17, 15) is 4.79 Å². The molecule has 0 saturated carbocycles. The lowest BCUT2D eigenvalue weighted by Gasteiger charge is -2.17. The second-order valence-corrected chi connectivity index (χ2v) is 6.66. The minimum Gasteiger partial charge on any atom is -0.493 e. The molecule has 0 aromatic heterocycles. The minimum atomic E-state index is -0.662. The van der Waals surface area contributed by atoms with E-state index in [1.54, 1.807) is 27.2 Å². The Labute approximate surface area is 171 Å². The van der Waals surface area contributed by atoms with Gasteiger partial charge in [-0.1, -0.05) is 42.5 Å². The largest absolute Gasteiger partial charge is 0.493 e. The molecule has 0 heterocycles. The summed E-state index contributed by atoms with van der Waals surface area (Å²) < 4.78 is 16.4. The Balaban J connectivity index is 1.66. The van der Waals surface area contributed by atoms with Gasteiger partial charge in [-0.2, -0.15) is 0 Å². The van der Waals surface area contributed by atoms with Crippen LogP contribution in [0.3, 0.4) is 0 Å². The normalized spacial score (nSPS) is 11.4. The molecule has 0 radical (unpaired) electrons. The van der Waals surface area contributed by atoms with Crippen molar-refractivity contribution in [2.45, 2.75) is 20.0 Å². The van der Waals surface area contributed by atoms with E-state index in [1.807, 2.05) is 55.5 Å². The number of methoxy groups -OCH3 is 2. The first-order valence-corrected chi connectivity index (χ1v) is 9.37. The number of hydrogen-bond acceptors (Lipinski definition) is 4. The molecule has 0 fully saturated rings. The van der Waals surface area contributed by atoms with Gasteiger partial charge in [0.25, 0.3) is 5.91 Å². The Morgan fingerprint density at radius 2 is 1.45 bits per heavy atom. The maximum Gasteiger partial charge on any atom is 0.265 e. The maximum absolute atomic E-state index is 12.6. The highest BCUT2D eigenvalue weighted by Gasteiger charge is 2.17. The number of nitrogens with one attached hydrogen (secondary N) is 1. The van der Waals surface area contributed by atoms with Crippen molar-refractivity contribution in [2.75, 3.05) is 19.5 Å². The van der Waals surface area contributed by atoms with Gasteiger partial charge in [-0.3, -0.25) is 4.79 Å². The number of rotatable bonds is 7. The zero-order valence-electron chi connectivity index (χ0n) is 17.1. The summed E-state index contributed by atoms with van der Waals surface area (Å²) in [6, 6.07) is 21.4. The number of anilines is 1. The molecular weight excluding hydrogens is 366 g/mol. The predicted molar refractivity (Wildman–Crippen MR) is 115 cm³/mol. The van der Waals surface area contributed by atoms with Gasteiger partial charge in [0.2, 0.25) is 0 Å². The molecule has 29 heavy (non-hydrogen) atoms. The highest BCUT2D eigenvalue weighted by Crippen LogP contribution is 2.33. The highest BCUT2D eigenvalue weighted by molar-refractivity contribution is 5.95. The van der Waals surface area contributed by atoms with Crippen molar-refractivity contribution < 1.29 is 19.0 Å². The Morgan fingerprint density at radius 3 is 2.07 bits per heavy atom. The third kappa shape index (κ3) is 4.88. The van der Waals surface area contributed by atoms with Gasteiger partial charge in [0.1, 0.15) is 5.75 Å². The topological polar surface area (TPSA) is 56.8 Å². The minimum absolute atomic E-state index is 0.243. The molecule has 150 valence electrons. The zero-order chi connectivity index (χ0) is 20.8. The molecule has 3 aromatic rings. The quantitative estimate of drug-likeness (QED) is 0.610. The molecule has 1 atom stereocenters. The van der Waals surface area contributed by atoms with E-state index in [-0.39, 0.29) is 5.91 Å². The van der Waals surface area contributed by atoms with Gasteiger partial charge in [-0.05, 0) is 48.7 Å². The molecular formula is C24H25NO4. The van der Waals surface area contributed by atoms with Crippen molar-refractivity contribution in [3.8, 4) is 28.4 Å². The van der Waals surface area contributed by atoms with Crippen LogP contribution in [0.15, 0.2) is 66.7 Å². The number of amides is 1. The van der Waals surface area contributed by atoms with E-state index in [0.29, 0.717) is 22.9 Å². The van der Waals surface area contributed by atoms with Crippen LogP contribution in [0, 0.1) is 6.92 Å². The van der Waals surface area contributed by atoms with Gasteiger partial charge in [-0.25, -0.2) is 0 Å². The van der Waals surface area contributed by atoms with Crippen molar-refractivity contribution in [3.05, 3.63) is 72.3 Å². The van der Waals surface area contributed by atoms with Crippen molar-refractivity contribution in [1.82, 2.24) is 0 Å². The Kier molecular flexibility index (Phi) is 6.39. The van der Waals surface area contributed by atoms with Gasteiger partial charge in [0.15, 0.2) is 17.6 Å². The first-order valence-electron chi connectivity index (χ1n) is 9.37. The SMILES string of the molecule is COc1cc(C)c(NC(=O)C(C)Oc2ccc(-c3ccccc3)cc2)cc1OC. The Morgan fingerprint density at radius 1 is 0.862 bits per heavy atom. The molecule has 1 unspecified atom stereocenters. The lowest BCUT2D eigenvalue weighted by atomic mass is 10.1. The molecule has 0 bridgehead atoms. The fourth-order valence-corrected chi connectivity index (χ4v) is 2.96. The zero-order valence-corrected chi connectivity index (χ0v) is 17.1. The van der Waals surface area contributed by atoms with Crippen LogP contribution < -0.4 is 19.5 Å². The van der Waals surface area contributed by atoms with Crippen LogP contribution in [-0.2, 0) is 4.79 Å². The summed E-state index contributed by atoms with van der Waals surface area (Å²) in [6.45, 7) is 3.61. The fraction of sp³-hybridized carbons (Fsp3) is 0.208. The fourth-order valence-electron chi connectivity index (χ4n) is 2.96. The summed E-state index contributed by atoms with van der Waals surface area (Å²) in [5.74, 6) is 1.56. The van der Waals surface area contributed by atoms with Crippen molar-refractivity contribution in [3.63, 3.8) is 0 Å². The molecule has 0 aliphatic heterocycles. The van der Waals surface area contributed by atoms with E-state index in [2.05, 4.69) is 17.4 Å². The lowest BCUT2D eigenvalue weighted by molar-refractivity contribution is -0.122. The van der Waals surface area contributed by atoms with E-state index >= 15 is 0 Å². The summed E-state index contributed by atoms with van der Waals surface area (Å²) >= 11 is 0. The molecule has 1 amide bonds. The van der Waals surface area contributed by atoms with Gasteiger partial charge in [-0.15, -0.1) is 0 Å². The number of ether oxygens (including phenoxy) is 3. The van der Waals surface area contributed by atoms with Crippen molar-refractivity contribution >= 4 is 11.6 Å². The monoisotopic (exact) mass is 391 g/mol. The van der Waals surface area contributed by atoms with Crippen LogP contribution in [0.4, 0.5) is 5.69 Å². The number of benzene rings is 3. The van der Waals surface area contributed by atoms with Crippen LogP contribution >= 0.6 is 0 Å². The summed E-state index contributed by atoms with van der Waals surface area (Å²) in [4.78, 5) is 12.6. The van der Waals surface area contributed by atoms with Crippen LogP contribution in [0.25, 0.3) is 11.1 Å². The van der Waals surface area contributed by atoms with E-state index in [0.717, 1.165) is 16.7 Å². The molecule has 5 nitrogen and oxygen atoms in total. The number of aryl methyl sites for hydroxylation is 1.